The van der Waals surface area contributed by atoms with Crippen molar-refractivity contribution in [3.63, 3.8) is 0 Å². The second kappa shape index (κ2) is 6.75. The molecule has 0 spiro atoms. The van der Waals surface area contributed by atoms with Gasteiger partial charge in [-0.15, -0.1) is 6.42 Å². The lowest BCUT2D eigenvalue weighted by Gasteiger charge is -2.19. The highest BCUT2D eigenvalue weighted by atomic mass is 16.2. The summed E-state index contributed by atoms with van der Waals surface area (Å²) in [6.07, 6.45) is 7.18. The Morgan fingerprint density at radius 1 is 1.29 bits per heavy atom. The van der Waals surface area contributed by atoms with E-state index in [9.17, 15) is 4.79 Å². The van der Waals surface area contributed by atoms with Crippen molar-refractivity contribution in [1.82, 2.24) is 4.90 Å². The summed E-state index contributed by atoms with van der Waals surface area (Å²) < 4.78 is 0. The molecule has 0 aliphatic rings. The number of rotatable bonds is 5. The number of hydrogen-bond acceptors (Lipinski definition) is 1. The molecule has 2 heteroatoms. The Balaban J connectivity index is 2.81. The van der Waals surface area contributed by atoms with Crippen LogP contribution in [0.5, 0.6) is 0 Å². The van der Waals surface area contributed by atoms with Crippen molar-refractivity contribution in [2.45, 2.75) is 26.7 Å². The van der Waals surface area contributed by atoms with E-state index in [1.807, 2.05) is 31.2 Å². The number of amides is 1. The van der Waals surface area contributed by atoms with Gasteiger partial charge >= 0.3 is 0 Å². The van der Waals surface area contributed by atoms with E-state index in [1.54, 1.807) is 4.90 Å². The third-order valence-corrected chi connectivity index (χ3v) is 2.67. The molecule has 0 saturated heterocycles. The van der Waals surface area contributed by atoms with Gasteiger partial charge in [0.1, 0.15) is 0 Å². The van der Waals surface area contributed by atoms with Gasteiger partial charge in [-0.05, 0) is 30.5 Å². The molecule has 1 aromatic carbocycles. The van der Waals surface area contributed by atoms with Crippen LogP contribution in [-0.2, 0) is 6.42 Å². The molecule has 1 rings (SSSR count). The summed E-state index contributed by atoms with van der Waals surface area (Å²) in [6, 6.07) is 7.74. The fourth-order valence-electron chi connectivity index (χ4n) is 1.70. The number of carbonyl (C=O) groups excluding carboxylic acids is 1. The van der Waals surface area contributed by atoms with Gasteiger partial charge in [-0.25, -0.2) is 0 Å². The molecule has 0 aliphatic carbocycles. The smallest absolute Gasteiger partial charge is 0.254 e. The minimum absolute atomic E-state index is 0.0208. The summed E-state index contributed by atoms with van der Waals surface area (Å²) in [5.74, 6) is 2.55. The van der Waals surface area contributed by atoms with Crippen molar-refractivity contribution in [3.05, 3.63) is 35.4 Å². The summed E-state index contributed by atoms with van der Waals surface area (Å²) in [6.45, 7) is 5.22. The average molecular weight is 229 g/mol. The first-order chi connectivity index (χ1) is 8.22. The Labute approximate surface area is 104 Å². The van der Waals surface area contributed by atoms with Gasteiger partial charge in [0.2, 0.25) is 0 Å². The van der Waals surface area contributed by atoms with Gasteiger partial charge in [0, 0.05) is 12.1 Å². The van der Waals surface area contributed by atoms with Crippen LogP contribution in [0.25, 0.3) is 0 Å². The van der Waals surface area contributed by atoms with Gasteiger partial charge in [0.25, 0.3) is 5.91 Å². The molecule has 0 aromatic heterocycles. The first-order valence-corrected chi connectivity index (χ1v) is 6.04. The molecule has 0 bridgehead atoms. The summed E-state index contributed by atoms with van der Waals surface area (Å²) in [4.78, 5) is 13.9. The Morgan fingerprint density at radius 2 is 1.94 bits per heavy atom. The van der Waals surface area contributed by atoms with Crippen LogP contribution in [0.3, 0.4) is 0 Å². The molecule has 90 valence electrons. The zero-order valence-corrected chi connectivity index (χ0v) is 10.6. The summed E-state index contributed by atoms with van der Waals surface area (Å²) in [5.41, 5.74) is 1.95. The predicted molar refractivity (Wildman–Crippen MR) is 70.8 cm³/mol. The second-order valence-electron chi connectivity index (χ2n) is 3.98. The van der Waals surface area contributed by atoms with E-state index in [4.69, 9.17) is 6.42 Å². The van der Waals surface area contributed by atoms with Crippen LogP contribution in [-0.4, -0.2) is 23.9 Å². The maximum atomic E-state index is 12.2. The molecule has 0 fully saturated rings. The van der Waals surface area contributed by atoms with Crippen LogP contribution < -0.4 is 0 Å². The molecule has 1 amide bonds. The Kier molecular flexibility index (Phi) is 5.29. The highest BCUT2D eigenvalue weighted by Crippen LogP contribution is 2.08. The largest absolute Gasteiger partial charge is 0.328 e. The molecule has 0 saturated carbocycles. The number of benzene rings is 1. The lowest BCUT2D eigenvalue weighted by Crippen LogP contribution is -2.32. The fraction of sp³-hybridized carbons (Fsp3) is 0.400. The summed E-state index contributed by atoms with van der Waals surface area (Å²) in [7, 11) is 0. The number of carbonyl (C=O) groups is 1. The second-order valence-corrected chi connectivity index (χ2v) is 3.98. The van der Waals surface area contributed by atoms with E-state index in [0.29, 0.717) is 18.7 Å². The first-order valence-electron chi connectivity index (χ1n) is 6.04. The number of terminal acetylenes is 1. The lowest BCUT2D eigenvalue weighted by molar-refractivity contribution is 0.0777. The van der Waals surface area contributed by atoms with Crippen molar-refractivity contribution in [1.29, 1.82) is 0 Å². The minimum atomic E-state index is 0.0208. The lowest BCUT2D eigenvalue weighted by atomic mass is 10.1. The molecule has 0 unspecified atom stereocenters. The molecular formula is C15H19NO. The van der Waals surface area contributed by atoms with E-state index < -0.39 is 0 Å². The Morgan fingerprint density at radius 3 is 2.41 bits per heavy atom. The molecule has 0 heterocycles. The van der Waals surface area contributed by atoms with E-state index >= 15 is 0 Å². The molecule has 0 aliphatic heterocycles. The van der Waals surface area contributed by atoms with Crippen molar-refractivity contribution in [2.75, 3.05) is 13.1 Å². The molecule has 0 atom stereocenters. The highest BCUT2D eigenvalue weighted by molar-refractivity contribution is 5.94. The van der Waals surface area contributed by atoms with Crippen LogP contribution in [0.2, 0.25) is 0 Å². The van der Waals surface area contributed by atoms with Crippen LogP contribution in [0.15, 0.2) is 24.3 Å². The zero-order chi connectivity index (χ0) is 12.7. The monoisotopic (exact) mass is 229 g/mol. The molecule has 2 nitrogen and oxygen atoms in total. The third kappa shape index (κ3) is 3.64. The van der Waals surface area contributed by atoms with E-state index in [0.717, 1.165) is 12.8 Å². The molecule has 0 N–H and O–H groups in total. The summed E-state index contributed by atoms with van der Waals surface area (Å²) in [5, 5.41) is 0. The van der Waals surface area contributed by atoms with Gasteiger partial charge in [-0.3, -0.25) is 4.79 Å². The van der Waals surface area contributed by atoms with E-state index in [1.165, 1.54) is 5.56 Å². The van der Waals surface area contributed by atoms with Gasteiger partial charge < -0.3 is 4.90 Å². The maximum Gasteiger partial charge on any atom is 0.254 e. The first kappa shape index (κ1) is 13.3. The quantitative estimate of drug-likeness (QED) is 0.711. The van der Waals surface area contributed by atoms with Gasteiger partial charge in [0.15, 0.2) is 0 Å². The standard InChI is InChI=1S/C15H19NO/c1-4-11-16(12-5-2)15(17)14-9-7-13(6-3)8-10-14/h1,7-10H,5-6,11-12H2,2-3H3. The maximum absolute atomic E-state index is 12.2. The van der Waals surface area contributed by atoms with Gasteiger partial charge in [-0.2, -0.15) is 0 Å². The van der Waals surface area contributed by atoms with E-state index in [2.05, 4.69) is 12.8 Å². The third-order valence-electron chi connectivity index (χ3n) is 2.67. The molecule has 17 heavy (non-hydrogen) atoms. The predicted octanol–water partition coefficient (Wildman–Crippen LogP) is 2.73. The van der Waals surface area contributed by atoms with Crippen LogP contribution in [0.1, 0.15) is 36.2 Å². The number of hydrogen-bond donors (Lipinski definition) is 0. The summed E-state index contributed by atoms with van der Waals surface area (Å²) >= 11 is 0. The van der Waals surface area contributed by atoms with Crippen LogP contribution in [0.4, 0.5) is 0 Å². The normalized spacial score (nSPS) is 9.71. The van der Waals surface area contributed by atoms with E-state index in [-0.39, 0.29) is 5.91 Å². The zero-order valence-electron chi connectivity index (χ0n) is 10.6. The van der Waals surface area contributed by atoms with Crippen LogP contribution >= 0.6 is 0 Å². The fourth-order valence-corrected chi connectivity index (χ4v) is 1.70. The number of aryl methyl sites for hydroxylation is 1. The number of nitrogens with zero attached hydrogens (tertiary/aromatic N) is 1. The molecule has 1 aromatic rings. The van der Waals surface area contributed by atoms with Crippen molar-refractivity contribution >= 4 is 5.91 Å². The Hall–Kier alpha value is -1.75. The van der Waals surface area contributed by atoms with Crippen molar-refractivity contribution in [3.8, 4) is 12.3 Å². The van der Waals surface area contributed by atoms with Crippen molar-refractivity contribution in [2.24, 2.45) is 0 Å². The molecular weight excluding hydrogens is 210 g/mol. The topological polar surface area (TPSA) is 20.3 Å². The minimum Gasteiger partial charge on any atom is -0.328 e. The van der Waals surface area contributed by atoms with Crippen molar-refractivity contribution < 1.29 is 4.79 Å². The Bertz CT molecular complexity index is 400. The van der Waals surface area contributed by atoms with Crippen LogP contribution in [0, 0.1) is 12.3 Å². The molecule has 0 radical (unpaired) electrons. The SMILES string of the molecule is C#CCN(CCC)C(=O)c1ccc(CC)cc1. The highest BCUT2D eigenvalue weighted by Gasteiger charge is 2.13. The van der Waals surface area contributed by atoms with Gasteiger partial charge in [-0.1, -0.05) is 31.9 Å². The van der Waals surface area contributed by atoms with Gasteiger partial charge in [0.05, 0.1) is 6.54 Å². The average Bonchev–Trinajstić information content (AvgIpc) is 2.38.